The third-order valence-electron chi connectivity index (χ3n) is 7.26. The molecule has 0 unspecified atom stereocenters. The number of nitrogens with zero attached hydrogens (tertiary/aromatic N) is 6. The van der Waals surface area contributed by atoms with E-state index in [2.05, 4.69) is 16.5 Å². The summed E-state index contributed by atoms with van der Waals surface area (Å²) in [6, 6.07) is 17.2. The molecule has 3 heterocycles. The quantitative estimate of drug-likeness (QED) is 0.211. The molecule has 0 bridgehead atoms. The fourth-order valence-electron chi connectivity index (χ4n) is 4.97. The molecule has 0 fully saturated rings. The normalized spacial score (nSPS) is 11.6. The largest absolute Gasteiger partial charge is 0.496 e. The number of hydrogen-bond acceptors (Lipinski definition) is 8. The molecule has 11 heteroatoms. The van der Waals surface area contributed by atoms with Gasteiger partial charge in [-0.15, -0.1) is 0 Å². The second-order valence-electron chi connectivity index (χ2n) is 11.0. The first-order chi connectivity index (χ1) is 20.6. The van der Waals surface area contributed by atoms with Crippen LogP contribution in [-0.4, -0.2) is 72.7 Å². The van der Waals surface area contributed by atoms with Gasteiger partial charge < -0.3 is 25.2 Å². The van der Waals surface area contributed by atoms with E-state index in [0.29, 0.717) is 53.7 Å². The van der Waals surface area contributed by atoms with Gasteiger partial charge in [-0.1, -0.05) is 18.2 Å². The number of fused-ring (bicyclic) bond motifs is 1. The van der Waals surface area contributed by atoms with Crippen molar-refractivity contribution < 1.29 is 19.7 Å². The Kier molecular flexibility index (Phi) is 8.47. The molecule has 0 saturated carbocycles. The Morgan fingerprint density at radius 1 is 1.14 bits per heavy atom. The average Bonchev–Trinajstić information content (AvgIpc) is 3.65. The van der Waals surface area contributed by atoms with Crippen LogP contribution >= 0.6 is 0 Å². The van der Waals surface area contributed by atoms with Crippen molar-refractivity contribution in [3.63, 3.8) is 0 Å². The van der Waals surface area contributed by atoms with E-state index in [4.69, 9.17) is 14.8 Å². The molecule has 0 aliphatic carbocycles. The Morgan fingerprint density at radius 2 is 1.95 bits per heavy atom. The predicted molar refractivity (Wildman–Crippen MR) is 165 cm³/mol. The number of aromatic nitrogens is 5. The van der Waals surface area contributed by atoms with Crippen LogP contribution in [0.3, 0.4) is 0 Å². The lowest BCUT2D eigenvalue weighted by molar-refractivity contribution is 0.0739. The monoisotopic (exact) mass is 583 g/mol. The van der Waals surface area contributed by atoms with Gasteiger partial charge in [0, 0.05) is 50.8 Å². The van der Waals surface area contributed by atoms with Crippen LogP contribution in [0.5, 0.6) is 5.75 Å². The van der Waals surface area contributed by atoms with Crippen molar-refractivity contribution in [3.05, 3.63) is 89.5 Å². The molecule has 0 aliphatic heterocycles. The van der Waals surface area contributed by atoms with Crippen LogP contribution in [0.4, 0.5) is 5.82 Å². The maximum atomic E-state index is 13.3. The van der Waals surface area contributed by atoms with Crippen LogP contribution < -0.4 is 10.1 Å². The second kappa shape index (κ2) is 12.2. The Labute approximate surface area is 250 Å². The van der Waals surface area contributed by atoms with E-state index < -0.39 is 5.60 Å². The summed E-state index contributed by atoms with van der Waals surface area (Å²) in [5.74, 6) is 0.893. The average molecular weight is 584 g/mol. The highest BCUT2D eigenvalue weighted by atomic mass is 16.5. The van der Waals surface area contributed by atoms with Gasteiger partial charge in [-0.25, -0.2) is 9.67 Å². The van der Waals surface area contributed by atoms with E-state index in [1.807, 2.05) is 48.1 Å². The van der Waals surface area contributed by atoms with Gasteiger partial charge >= 0.3 is 0 Å². The maximum Gasteiger partial charge on any atom is 0.257 e. The van der Waals surface area contributed by atoms with E-state index in [9.17, 15) is 15.0 Å². The molecule has 2 aromatic carbocycles. The number of ether oxygens (including phenoxy) is 1. The number of rotatable bonds is 11. The summed E-state index contributed by atoms with van der Waals surface area (Å²) in [6.45, 7) is 6.18. The van der Waals surface area contributed by atoms with Crippen LogP contribution in [0.1, 0.15) is 47.6 Å². The first kappa shape index (κ1) is 29.7. The van der Waals surface area contributed by atoms with Gasteiger partial charge in [0.15, 0.2) is 5.65 Å². The second-order valence-corrected chi connectivity index (χ2v) is 11.0. The molecule has 11 nitrogen and oxygen atoms in total. The summed E-state index contributed by atoms with van der Waals surface area (Å²) < 4.78 is 9.06. The van der Waals surface area contributed by atoms with E-state index in [1.54, 1.807) is 54.7 Å². The molecule has 0 atom stereocenters. The smallest absolute Gasteiger partial charge is 0.257 e. The molecule has 0 radical (unpaired) electrons. The lowest BCUT2D eigenvalue weighted by Gasteiger charge is -2.20. The van der Waals surface area contributed by atoms with Crippen LogP contribution in [0.15, 0.2) is 67.0 Å². The minimum Gasteiger partial charge on any atom is -0.496 e. The summed E-state index contributed by atoms with van der Waals surface area (Å²) >= 11 is 0. The molecule has 5 aromatic rings. The summed E-state index contributed by atoms with van der Waals surface area (Å²) in [6.07, 6.45) is 4.12. The van der Waals surface area contributed by atoms with Crippen molar-refractivity contribution in [1.82, 2.24) is 29.3 Å². The number of carbonyl (C=O) groups excluding carboxylic acids is 1. The van der Waals surface area contributed by atoms with Crippen molar-refractivity contribution in [2.75, 3.05) is 32.6 Å². The van der Waals surface area contributed by atoms with Gasteiger partial charge in [-0.2, -0.15) is 14.7 Å². The minimum atomic E-state index is -1.22. The number of benzene rings is 2. The topological polar surface area (TPSA) is 130 Å². The summed E-state index contributed by atoms with van der Waals surface area (Å²) in [7, 11) is 3.23. The Morgan fingerprint density at radius 3 is 2.65 bits per heavy atom. The zero-order chi connectivity index (χ0) is 30.7. The van der Waals surface area contributed by atoms with Gasteiger partial charge in [-0.3, -0.25) is 4.79 Å². The SMILES string of the molecule is COc1ccc(-c2c(C)nn3c(NCc4cccc(-n5cccn5)c4)cc(C(C)(C)O)nc23)cc1C(=O)N(C)CCCO. The van der Waals surface area contributed by atoms with Crippen LogP contribution in [0.25, 0.3) is 22.5 Å². The summed E-state index contributed by atoms with van der Waals surface area (Å²) in [5.41, 5.74) is 4.37. The molecular formula is C32H37N7O4. The number of nitrogens with one attached hydrogen (secondary N) is 1. The molecule has 1 amide bonds. The zero-order valence-electron chi connectivity index (χ0n) is 25.1. The number of anilines is 1. The number of carbonyl (C=O) groups is 1. The number of aliphatic hydroxyl groups is 2. The van der Waals surface area contributed by atoms with Gasteiger partial charge in [0.25, 0.3) is 5.91 Å². The van der Waals surface area contributed by atoms with Crippen LogP contribution in [0, 0.1) is 6.92 Å². The van der Waals surface area contributed by atoms with Crippen molar-refractivity contribution in [2.24, 2.45) is 0 Å². The van der Waals surface area contributed by atoms with Gasteiger partial charge in [-0.05, 0) is 68.7 Å². The fraction of sp³-hybridized carbons (Fsp3) is 0.312. The number of aliphatic hydroxyl groups excluding tert-OH is 1. The molecule has 224 valence electrons. The highest BCUT2D eigenvalue weighted by Gasteiger charge is 2.25. The standard InChI is InChI=1S/C32H37N7O4/c1-21-29(23-11-12-26(43-5)25(18-23)31(41)37(4)14-8-16-40)30-35-27(32(2,3)42)19-28(39(30)36-21)33-20-22-9-6-10-24(17-22)38-15-7-13-34-38/h6-7,9-13,15,17-19,33,40,42H,8,14,16,20H2,1-5H3. The summed E-state index contributed by atoms with van der Waals surface area (Å²) in [5, 5.41) is 32.8. The number of methoxy groups -OCH3 is 1. The number of hydrogen-bond donors (Lipinski definition) is 3. The van der Waals surface area contributed by atoms with E-state index in [1.165, 1.54) is 7.11 Å². The lowest BCUT2D eigenvalue weighted by Crippen LogP contribution is -2.28. The predicted octanol–water partition coefficient (Wildman–Crippen LogP) is 4.19. The van der Waals surface area contributed by atoms with Crippen molar-refractivity contribution in [1.29, 1.82) is 0 Å². The molecule has 0 spiro atoms. The molecule has 43 heavy (non-hydrogen) atoms. The van der Waals surface area contributed by atoms with Crippen molar-refractivity contribution in [2.45, 2.75) is 39.3 Å². The number of amides is 1. The Bertz CT molecular complexity index is 1740. The molecule has 0 aliphatic rings. The van der Waals surface area contributed by atoms with E-state index in [0.717, 1.165) is 22.4 Å². The van der Waals surface area contributed by atoms with Crippen LogP contribution in [-0.2, 0) is 12.1 Å². The maximum absolute atomic E-state index is 13.3. The summed E-state index contributed by atoms with van der Waals surface area (Å²) in [4.78, 5) is 19.7. The van der Waals surface area contributed by atoms with E-state index in [-0.39, 0.29) is 12.5 Å². The minimum absolute atomic E-state index is 0.00224. The van der Waals surface area contributed by atoms with Crippen LogP contribution in [0.2, 0.25) is 0 Å². The highest BCUT2D eigenvalue weighted by Crippen LogP contribution is 2.34. The molecule has 3 N–H and O–H groups in total. The zero-order valence-corrected chi connectivity index (χ0v) is 25.1. The lowest BCUT2D eigenvalue weighted by atomic mass is 10.0. The van der Waals surface area contributed by atoms with Crippen molar-refractivity contribution >= 4 is 17.4 Å². The third-order valence-corrected chi connectivity index (χ3v) is 7.26. The fourth-order valence-corrected chi connectivity index (χ4v) is 4.97. The first-order valence-corrected chi connectivity index (χ1v) is 14.1. The highest BCUT2D eigenvalue weighted by molar-refractivity contribution is 5.99. The molecule has 0 saturated heterocycles. The first-order valence-electron chi connectivity index (χ1n) is 14.1. The van der Waals surface area contributed by atoms with Crippen molar-refractivity contribution in [3.8, 4) is 22.6 Å². The van der Waals surface area contributed by atoms with E-state index >= 15 is 0 Å². The molecular weight excluding hydrogens is 546 g/mol. The van der Waals surface area contributed by atoms with Gasteiger partial charge in [0.1, 0.15) is 17.2 Å². The van der Waals surface area contributed by atoms with Gasteiger partial charge in [0.2, 0.25) is 0 Å². The number of aryl methyl sites for hydroxylation is 1. The molecule has 5 rings (SSSR count). The van der Waals surface area contributed by atoms with Gasteiger partial charge in [0.05, 0.1) is 29.7 Å². The Balaban J connectivity index is 1.56. The third kappa shape index (κ3) is 6.23. The molecule has 3 aromatic heterocycles. The Hall–Kier alpha value is -4.74.